The van der Waals surface area contributed by atoms with Gasteiger partial charge in [0.25, 0.3) is 0 Å². The van der Waals surface area contributed by atoms with E-state index in [0.717, 1.165) is 19.3 Å². The highest BCUT2D eigenvalue weighted by Crippen LogP contribution is 2.58. The fourth-order valence-electron chi connectivity index (χ4n) is 4.92. The molecule has 0 amide bonds. The molecule has 3 atom stereocenters. The predicted molar refractivity (Wildman–Crippen MR) is 94.9 cm³/mol. The van der Waals surface area contributed by atoms with Crippen LogP contribution in [0.3, 0.4) is 0 Å². The molecule has 0 aliphatic heterocycles. The molecule has 0 aromatic heterocycles. The van der Waals surface area contributed by atoms with Crippen LogP contribution in [-0.4, -0.2) is 5.11 Å². The van der Waals surface area contributed by atoms with Crippen molar-refractivity contribution < 1.29 is 5.11 Å². The molecule has 4 rings (SSSR count). The zero-order valence-electron chi connectivity index (χ0n) is 14.0. The zero-order chi connectivity index (χ0) is 16.0. The fraction of sp³-hybridized carbons (Fsp3) is 0.455. The summed E-state index contributed by atoms with van der Waals surface area (Å²) >= 11 is 0. The second-order valence-electron chi connectivity index (χ2n) is 7.38. The summed E-state index contributed by atoms with van der Waals surface area (Å²) in [6.07, 6.45) is 10.3. The fourth-order valence-corrected chi connectivity index (χ4v) is 4.92. The van der Waals surface area contributed by atoms with Crippen LogP contribution < -0.4 is 0 Å². The summed E-state index contributed by atoms with van der Waals surface area (Å²) in [5, 5.41) is 9.75. The average molecular weight is 304 g/mol. The minimum absolute atomic E-state index is 0.227. The lowest BCUT2D eigenvalue weighted by Gasteiger charge is -2.45. The molecular weight excluding hydrogens is 280 g/mol. The number of hydrogen-bond donors (Lipinski definition) is 1. The maximum Gasteiger partial charge on any atom is 0.115 e. The van der Waals surface area contributed by atoms with Gasteiger partial charge in [-0.3, -0.25) is 0 Å². The van der Waals surface area contributed by atoms with Crippen LogP contribution in [0.5, 0.6) is 5.75 Å². The van der Waals surface area contributed by atoms with Gasteiger partial charge in [-0.05, 0) is 66.4 Å². The summed E-state index contributed by atoms with van der Waals surface area (Å²) in [5.41, 5.74) is 5.80. The Morgan fingerprint density at radius 1 is 1.30 bits per heavy atom. The molecule has 1 heteroatoms. The highest BCUT2D eigenvalue weighted by Gasteiger charge is 2.48. The molecule has 1 aromatic carbocycles. The Labute approximate surface area is 139 Å². The van der Waals surface area contributed by atoms with E-state index in [0.29, 0.717) is 17.6 Å². The van der Waals surface area contributed by atoms with Crippen LogP contribution in [0.2, 0.25) is 0 Å². The van der Waals surface area contributed by atoms with Crippen molar-refractivity contribution in [2.45, 2.75) is 46.0 Å². The Hall–Kier alpha value is -1.94. The van der Waals surface area contributed by atoms with Crippen molar-refractivity contribution in [2.24, 2.45) is 17.3 Å². The third-order valence-electron chi connectivity index (χ3n) is 6.17. The van der Waals surface area contributed by atoms with Crippen LogP contribution in [-0.2, 0) is 6.42 Å². The van der Waals surface area contributed by atoms with Gasteiger partial charge in [0, 0.05) is 17.4 Å². The van der Waals surface area contributed by atoms with E-state index in [1.165, 1.54) is 35.1 Å². The second-order valence-corrected chi connectivity index (χ2v) is 7.38. The highest BCUT2D eigenvalue weighted by atomic mass is 16.3. The van der Waals surface area contributed by atoms with Gasteiger partial charge in [-0.2, -0.15) is 0 Å². The van der Waals surface area contributed by atoms with Crippen molar-refractivity contribution in [1.29, 1.82) is 0 Å². The molecule has 0 saturated heterocycles. The van der Waals surface area contributed by atoms with Gasteiger partial charge in [-0.1, -0.05) is 43.9 Å². The topological polar surface area (TPSA) is 20.2 Å². The van der Waals surface area contributed by atoms with Gasteiger partial charge in [-0.25, -0.2) is 0 Å². The molecule has 1 N–H and O–H groups in total. The minimum atomic E-state index is 0.227. The Balaban J connectivity index is 1.73. The molecule has 0 radical (unpaired) electrons. The van der Waals surface area contributed by atoms with E-state index in [4.69, 9.17) is 0 Å². The summed E-state index contributed by atoms with van der Waals surface area (Å²) < 4.78 is 0. The number of phenolic OH excluding ortho intramolecular Hbond substituents is 1. The van der Waals surface area contributed by atoms with E-state index >= 15 is 0 Å². The molecular formula is C22H24O. The molecule has 0 saturated carbocycles. The van der Waals surface area contributed by atoms with E-state index in [1.54, 1.807) is 0 Å². The van der Waals surface area contributed by atoms with Crippen LogP contribution in [0, 0.1) is 29.1 Å². The first-order chi connectivity index (χ1) is 11.1. The largest absolute Gasteiger partial charge is 0.508 e. The van der Waals surface area contributed by atoms with Crippen molar-refractivity contribution in [3.8, 4) is 17.6 Å². The van der Waals surface area contributed by atoms with Crippen LogP contribution in [0.15, 0.2) is 35.9 Å². The number of benzene rings is 1. The van der Waals surface area contributed by atoms with E-state index in [2.05, 4.69) is 43.9 Å². The third kappa shape index (κ3) is 2.16. The Morgan fingerprint density at radius 3 is 3.00 bits per heavy atom. The molecule has 118 valence electrons. The van der Waals surface area contributed by atoms with Crippen molar-refractivity contribution in [3.63, 3.8) is 0 Å². The summed E-state index contributed by atoms with van der Waals surface area (Å²) in [5.74, 6) is 8.44. The number of aromatic hydroxyl groups is 1. The molecule has 1 nitrogen and oxygen atoms in total. The van der Waals surface area contributed by atoms with Gasteiger partial charge in [0.05, 0.1) is 0 Å². The molecule has 0 spiro atoms. The third-order valence-corrected chi connectivity index (χ3v) is 6.17. The monoisotopic (exact) mass is 304 g/mol. The summed E-state index contributed by atoms with van der Waals surface area (Å²) in [6.45, 7) is 4.54. The normalized spacial score (nSPS) is 31.0. The Morgan fingerprint density at radius 2 is 2.17 bits per heavy atom. The summed E-state index contributed by atoms with van der Waals surface area (Å²) in [4.78, 5) is 0. The van der Waals surface area contributed by atoms with E-state index in [1.807, 2.05) is 12.1 Å². The quantitative estimate of drug-likeness (QED) is 0.661. The lowest BCUT2D eigenvalue weighted by atomic mass is 9.58. The van der Waals surface area contributed by atoms with Gasteiger partial charge in [-0.15, -0.1) is 0 Å². The number of hydrogen-bond acceptors (Lipinski definition) is 1. The lowest BCUT2D eigenvalue weighted by Crippen LogP contribution is -2.36. The first-order valence-electron chi connectivity index (χ1n) is 8.85. The highest BCUT2D eigenvalue weighted by molar-refractivity contribution is 5.74. The molecule has 0 heterocycles. The van der Waals surface area contributed by atoms with Crippen molar-refractivity contribution in [2.75, 3.05) is 0 Å². The van der Waals surface area contributed by atoms with Crippen LogP contribution in [0.1, 0.15) is 50.7 Å². The van der Waals surface area contributed by atoms with Gasteiger partial charge >= 0.3 is 0 Å². The summed E-state index contributed by atoms with van der Waals surface area (Å²) in [7, 11) is 0. The minimum Gasteiger partial charge on any atom is -0.508 e. The number of phenols is 1. The Kier molecular flexibility index (Phi) is 3.38. The average Bonchev–Trinajstić information content (AvgIpc) is 2.89. The smallest absolute Gasteiger partial charge is 0.115 e. The predicted octanol–water partition coefficient (Wildman–Crippen LogP) is 5.11. The second kappa shape index (κ2) is 5.31. The zero-order valence-corrected chi connectivity index (χ0v) is 14.0. The molecule has 0 fully saturated rings. The number of fused-ring (bicyclic) bond motifs is 5. The van der Waals surface area contributed by atoms with E-state index in [-0.39, 0.29) is 5.41 Å². The van der Waals surface area contributed by atoms with Crippen LogP contribution in [0.4, 0.5) is 0 Å². The van der Waals surface area contributed by atoms with E-state index in [9.17, 15) is 5.11 Å². The maximum absolute atomic E-state index is 9.75. The molecule has 3 aliphatic rings. The van der Waals surface area contributed by atoms with Crippen molar-refractivity contribution in [1.82, 2.24) is 0 Å². The van der Waals surface area contributed by atoms with Gasteiger partial charge in [0.1, 0.15) is 5.75 Å². The van der Waals surface area contributed by atoms with Gasteiger partial charge in [0.2, 0.25) is 0 Å². The van der Waals surface area contributed by atoms with Crippen LogP contribution in [0.25, 0.3) is 5.57 Å². The molecule has 0 bridgehead atoms. The molecule has 2 unspecified atom stereocenters. The number of allylic oxidation sites excluding steroid dienone is 4. The molecule has 3 aliphatic carbocycles. The first-order valence-corrected chi connectivity index (χ1v) is 8.85. The van der Waals surface area contributed by atoms with Gasteiger partial charge < -0.3 is 5.11 Å². The van der Waals surface area contributed by atoms with Crippen molar-refractivity contribution >= 4 is 5.57 Å². The first kappa shape index (κ1) is 14.6. The van der Waals surface area contributed by atoms with Crippen LogP contribution >= 0.6 is 0 Å². The number of rotatable bonds is 0. The maximum atomic E-state index is 9.75. The van der Waals surface area contributed by atoms with Gasteiger partial charge in [0.15, 0.2) is 0 Å². The van der Waals surface area contributed by atoms with Crippen molar-refractivity contribution in [3.05, 3.63) is 47.1 Å². The summed E-state index contributed by atoms with van der Waals surface area (Å²) in [6, 6.07) is 5.90. The van der Waals surface area contributed by atoms with E-state index < -0.39 is 0 Å². The standard InChI is InChI=1S/C22H24O/c1-3-4-5-16-7-11-21-20-9-6-15-14-17(23)8-10-18(15)19(20)12-13-22(16,21)2/h7-8,10,12,14,20-21,23H,3,6,9,11,13H2,1-2H3/t20?,21?,22-/m1/s1. The SMILES string of the molecule is CCC#CC1=CCC2C3CCc4cc(O)ccc4C3=CC[C@]12C. The molecule has 1 aromatic rings. The lowest BCUT2D eigenvalue weighted by molar-refractivity contribution is 0.196. The Bertz CT molecular complexity index is 771. The number of aryl methyl sites for hydroxylation is 1. The molecule has 23 heavy (non-hydrogen) atoms.